The molecule has 114 valence electrons. The maximum Gasteiger partial charge on any atom is 0.414 e. The molecular weight excluding hydrogens is 294 g/mol. The van der Waals surface area contributed by atoms with Crippen LogP contribution in [-0.2, 0) is 11.2 Å². The second-order valence-electron chi connectivity index (χ2n) is 6.00. The van der Waals surface area contributed by atoms with Gasteiger partial charge < -0.3 is 9.84 Å². The van der Waals surface area contributed by atoms with Crippen LogP contribution < -0.4 is 4.90 Å². The number of amides is 1. The second kappa shape index (κ2) is 5.56. The number of rotatable bonds is 1. The maximum atomic E-state index is 12.3. The quantitative estimate of drug-likeness (QED) is 0.858. The smallest absolute Gasteiger partial charge is 0.414 e. The lowest BCUT2D eigenvalue weighted by molar-refractivity contribution is 0.0577. The Labute approximate surface area is 128 Å². The highest BCUT2D eigenvalue weighted by Gasteiger charge is 2.31. The lowest BCUT2D eigenvalue weighted by Crippen LogP contribution is -2.40. The summed E-state index contributed by atoms with van der Waals surface area (Å²) in [6, 6.07) is 3.07. The van der Waals surface area contributed by atoms with E-state index in [2.05, 4.69) is 0 Å². The van der Waals surface area contributed by atoms with Crippen LogP contribution in [0.5, 0.6) is 0 Å². The molecular formula is C15H18ClNO4. The Kier molecular flexibility index (Phi) is 4.14. The van der Waals surface area contributed by atoms with Gasteiger partial charge in [0.15, 0.2) is 0 Å². The number of hydrogen-bond donors (Lipinski definition) is 1. The van der Waals surface area contributed by atoms with Crippen LogP contribution in [0, 0.1) is 0 Å². The van der Waals surface area contributed by atoms with Gasteiger partial charge in [0.25, 0.3) is 0 Å². The third kappa shape index (κ3) is 3.47. The Morgan fingerprint density at radius 2 is 2.00 bits per heavy atom. The van der Waals surface area contributed by atoms with Crippen molar-refractivity contribution in [3.05, 3.63) is 28.3 Å². The molecule has 6 heteroatoms. The van der Waals surface area contributed by atoms with Gasteiger partial charge in [0, 0.05) is 11.6 Å². The lowest BCUT2D eigenvalue weighted by Gasteiger charge is -2.32. The normalized spacial score (nSPS) is 14.6. The molecule has 0 saturated heterocycles. The van der Waals surface area contributed by atoms with Crippen molar-refractivity contribution in [3.63, 3.8) is 0 Å². The molecule has 5 nitrogen and oxygen atoms in total. The fourth-order valence-electron chi connectivity index (χ4n) is 2.37. The van der Waals surface area contributed by atoms with Crippen LogP contribution >= 0.6 is 11.6 Å². The number of fused-ring (bicyclic) bond motifs is 1. The van der Waals surface area contributed by atoms with Gasteiger partial charge in [-0.25, -0.2) is 9.59 Å². The van der Waals surface area contributed by atoms with Crippen molar-refractivity contribution in [2.75, 3.05) is 11.4 Å². The molecule has 1 aromatic carbocycles. The molecule has 0 saturated carbocycles. The Hall–Kier alpha value is -1.75. The predicted octanol–water partition coefficient (Wildman–Crippen LogP) is 3.73. The van der Waals surface area contributed by atoms with Gasteiger partial charge >= 0.3 is 12.1 Å². The summed E-state index contributed by atoms with van der Waals surface area (Å²) in [6.45, 7) is 5.75. The standard InChI is InChI=1S/C15H18ClNO4/c1-15(2,3)21-14(20)17-6-4-5-9-7-10(16)8-11(12(9)17)13(18)19/h7-8H,4-6H2,1-3H3,(H,18,19). The molecule has 0 aromatic heterocycles. The number of carboxylic acids is 1. The summed E-state index contributed by atoms with van der Waals surface area (Å²) >= 11 is 5.96. The first kappa shape index (κ1) is 15.6. The average Bonchev–Trinajstić information content (AvgIpc) is 2.34. The van der Waals surface area contributed by atoms with Crippen LogP contribution in [-0.4, -0.2) is 29.3 Å². The first-order valence-electron chi connectivity index (χ1n) is 6.75. The number of ether oxygens (including phenoxy) is 1. The fraction of sp³-hybridized carbons (Fsp3) is 0.467. The molecule has 1 aliphatic heterocycles. The van der Waals surface area contributed by atoms with Gasteiger partial charge in [-0.3, -0.25) is 4.90 Å². The number of benzene rings is 1. The molecule has 0 atom stereocenters. The maximum absolute atomic E-state index is 12.3. The molecule has 0 radical (unpaired) electrons. The minimum Gasteiger partial charge on any atom is -0.478 e. The summed E-state index contributed by atoms with van der Waals surface area (Å²) in [5.74, 6) is -1.11. The Balaban J connectivity index is 2.47. The van der Waals surface area contributed by atoms with Crippen LogP contribution in [0.15, 0.2) is 12.1 Å². The summed E-state index contributed by atoms with van der Waals surface area (Å²) in [5, 5.41) is 9.72. The van der Waals surface area contributed by atoms with E-state index < -0.39 is 17.7 Å². The number of nitrogens with zero attached hydrogens (tertiary/aromatic N) is 1. The van der Waals surface area contributed by atoms with Crippen molar-refractivity contribution in [2.24, 2.45) is 0 Å². The molecule has 0 fully saturated rings. The lowest BCUT2D eigenvalue weighted by atomic mass is 9.98. The Bertz CT molecular complexity index is 592. The van der Waals surface area contributed by atoms with Crippen LogP contribution in [0.4, 0.5) is 10.5 Å². The highest BCUT2D eigenvalue weighted by molar-refractivity contribution is 6.31. The van der Waals surface area contributed by atoms with Crippen LogP contribution in [0.3, 0.4) is 0 Å². The summed E-state index contributed by atoms with van der Waals surface area (Å²) in [4.78, 5) is 25.1. The van der Waals surface area contributed by atoms with E-state index in [1.807, 2.05) is 0 Å². The summed E-state index contributed by atoms with van der Waals surface area (Å²) < 4.78 is 5.36. The highest BCUT2D eigenvalue weighted by atomic mass is 35.5. The zero-order chi connectivity index (χ0) is 15.8. The second-order valence-corrected chi connectivity index (χ2v) is 6.44. The number of carbonyl (C=O) groups is 2. The average molecular weight is 312 g/mol. The first-order chi connectivity index (χ1) is 9.69. The van der Waals surface area contributed by atoms with E-state index in [-0.39, 0.29) is 5.56 Å². The van der Waals surface area contributed by atoms with Gasteiger partial charge in [-0.2, -0.15) is 0 Å². The molecule has 0 unspecified atom stereocenters. The van der Waals surface area contributed by atoms with Gasteiger partial charge in [-0.05, 0) is 51.3 Å². The van der Waals surface area contributed by atoms with Crippen molar-refractivity contribution in [1.82, 2.24) is 0 Å². The number of carboxylic acid groups (broad SMARTS) is 1. The van der Waals surface area contributed by atoms with E-state index in [1.165, 1.54) is 11.0 Å². The van der Waals surface area contributed by atoms with Crippen molar-refractivity contribution in [2.45, 2.75) is 39.2 Å². The number of halogens is 1. The minimum atomic E-state index is -1.11. The van der Waals surface area contributed by atoms with Gasteiger partial charge in [0.1, 0.15) is 5.60 Å². The van der Waals surface area contributed by atoms with E-state index in [0.29, 0.717) is 23.7 Å². The third-order valence-corrected chi connectivity index (χ3v) is 3.31. The molecule has 1 N–H and O–H groups in total. The number of aromatic carboxylic acids is 1. The molecule has 2 rings (SSSR count). The molecule has 1 aromatic rings. The zero-order valence-electron chi connectivity index (χ0n) is 12.3. The topological polar surface area (TPSA) is 66.8 Å². The summed E-state index contributed by atoms with van der Waals surface area (Å²) in [5.41, 5.74) is 0.553. The largest absolute Gasteiger partial charge is 0.478 e. The number of hydrogen-bond acceptors (Lipinski definition) is 3. The van der Waals surface area contributed by atoms with Gasteiger partial charge in [0.05, 0.1) is 11.3 Å². The van der Waals surface area contributed by atoms with Gasteiger partial charge in [0.2, 0.25) is 0 Å². The van der Waals surface area contributed by atoms with Crippen LogP contribution in [0.2, 0.25) is 5.02 Å². The summed E-state index contributed by atoms with van der Waals surface area (Å²) in [7, 11) is 0. The van der Waals surface area contributed by atoms with E-state index >= 15 is 0 Å². The third-order valence-electron chi connectivity index (χ3n) is 3.10. The van der Waals surface area contributed by atoms with Gasteiger partial charge in [-0.15, -0.1) is 0 Å². The van der Waals surface area contributed by atoms with E-state index in [9.17, 15) is 14.7 Å². The summed E-state index contributed by atoms with van der Waals surface area (Å²) in [6.07, 6.45) is 0.898. The highest BCUT2D eigenvalue weighted by Crippen LogP contribution is 2.34. The predicted molar refractivity (Wildman–Crippen MR) is 80.3 cm³/mol. The minimum absolute atomic E-state index is 0.0306. The SMILES string of the molecule is CC(C)(C)OC(=O)N1CCCc2cc(Cl)cc(C(=O)O)c21. The Morgan fingerprint density at radius 3 is 2.57 bits per heavy atom. The molecule has 1 aliphatic rings. The fourth-order valence-corrected chi connectivity index (χ4v) is 2.61. The molecule has 1 amide bonds. The molecule has 1 heterocycles. The Morgan fingerprint density at radius 1 is 1.33 bits per heavy atom. The molecule has 21 heavy (non-hydrogen) atoms. The zero-order valence-corrected chi connectivity index (χ0v) is 13.0. The van der Waals surface area contributed by atoms with E-state index in [0.717, 1.165) is 12.0 Å². The van der Waals surface area contributed by atoms with Gasteiger partial charge in [-0.1, -0.05) is 11.6 Å². The van der Waals surface area contributed by atoms with E-state index in [1.54, 1.807) is 26.8 Å². The number of anilines is 1. The first-order valence-corrected chi connectivity index (χ1v) is 7.13. The molecule has 0 spiro atoms. The molecule has 0 aliphatic carbocycles. The number of aryl methyl sites for hydroxylation is 1. The van der Waals surface area contributed by atoms with Crippen LogP contribution in [0.25, 0.3) is 0 Å². The van der Waals surface area contributed by atoms with Crippen molar-refractivity contribution in [1.29, 1.82) is 0 Å². The number of carbonyl (C=O) groups excluding carboxylic acids is 1. The van der Waals surface area contributed by atoms with Crippen LogP contribution in [0.1, 0.15) is 43.1 Å². The monoisotopic (exact) mass is 311 g/mol. The molecule has 0 bridgehead atoms. The van der Waals surface area contributed by atoms with Crippen molar-refractivity contribution >= 4 is 29.4 Å². The van der Waals surface area contributed by atoms with Crippen molar-refractivity contribution < 1.29 is 19.4 Å². The van der Waals surface area contributed by atoms with Crippen molar-refractivity contribution in [3.8, 4) is 0 Å². The van der Waals surface area contributed by atoms with E-state index in [4.69, 9.17) is 16.3 Å².